The normalized spacial score (nSPS) is 24.5. The van der Waals surface area contributed by atoms with Crippen molar-refractivity contribution in [2.45, 2.75) is 38.8 Å². The molecule has 0 aliphatic carbocycles. The lowest BCUT2D eigenvalue weighted by molar-refractivity contribution is -0.137. The van der Waals surface area contributed by atoms with E-state index in [-0.39, 0.29) is 23.6 Å². The minimum Gasteiger partial charge on any atom is -0.338 e. The molecule has 2 fully saturated rings. The van der Waals surface area contributed by atoms with Crippen molar-refractivity contribution in [3.63, 3.8) is 0 Å². The molecule has 3 heterocycles. The second-order valence-electron chi connectivity index (χ2n) is 7.24. The number of aromatic nitrogens is 2. The average molecular weight is 369 g/mol. The predicted molar refractivity (Wildman–Crippen MR) is 95.7 cm³/mol. The topological polar surface area (TPSA) is 75.5 Å². The summed E-state index contributed by atoms with van der Waals surface area (Å²) in [5.74, 6) is 0.856. The van der Waals surface area contributed by atoms with E-state index in [1.54, 1.807) is 10.9 Å². The molecule has 1 aromatic heterocycles. The van der Waals surface area contributed by atoms with E-state index >= 15 is 0 Å². The van der Waals surface area contributed by atoms with Gasteiger partial charge in [0.25, 0.3) is 0 Å². The van der Waals surface area contributed by atoms with Gasteiger partial charge >= 0.3 is 0 Å². The van der Waals surface area contributed by atoms with E-state index < -0.39 is 9.84 Å². The van der Waals surface area contributed by atoms with E-state index in [1.807, 2.05) is 25.1 Å². The van der Waals surface area contributed by atoms with E-state index in [1.165, 1.54) is 0 Å². The van der Waals surface area contributed by atoms with Gasteiger partial charge in [-0.05, 0) is 39.3 Å². The summed E-state index contributed by atoms with van der Waals surface area (Å²) in [6.45, 7) is 4.94. The number of carbonyl (C=O) groups is 1. The molecule has 2 saturated heterocycles. The Morgan fingerprint density at radius 2 is 2.04 bits per heavy atom. The lowest BCUT2D eigenvalue weighted by Crippen LogP contribution is -2.46. The number of carbonyl (C=O) groups excluding carboxylic acids is 1. The second-order valence-corrected chi connectivity index (χ2v) is 9.47. The minimum atomic E-state index is -2.85. The Morgan fingerprint density at radius 3 is 2.56 bits per heavy atom. The molecule has 1 atom stereocenters. The van der Waals surface area contributed by atoms with Crippen LogP contribution in [0.1, 0.15) is 31.7 Å². The highest BCUT2D eigenvalue weighted by atomic mass is 32.2. The molecule has 2 aliphatic heterocycles. The molecule has 0 bridgehead atoms. The first kappa shape index (κ1) is 18.4. The van der Waals surface area contributed by atoms with Gasteiger partial charge in [-0.2, -0.15) is 5.10 Å². The molecule has 140 valence electrons. The molecular formula is C17H28N4O3S. The van der Waals surface area contributed by atoms with Gasteiger partial charge in [0.05, 0.1) is 17.7 Å². The maximum Gasteiger partial charge on any atom is 0.226 e. The summed E-state index contributed by atoms with van der Waals surface area (Å²) < 4.78 is 25.1. The van der Waals surface area contributed by atoms with Crippen LogP contribution in [0.2, 0.25) is 0 Å². The highest BCUT2D eigenvalue weighted by Gasteiger charge is 2.36. The molecule has 0 radical (unpaired) electrons. The number of amides is 1. The lowest BCUT2D eigenvalue weighted by Gasteiger charge is -2.36. The molecule has 0 saturated carbocycles. The standard InChI is InChI=1S/C17H28N4O3S/c1-3-20(12-14-10-18-19(2)11-14)17(22)15-4-7-21(8-5-15)16-6-9-25(23,24)13-16/h10-11,15-16H,3-9,12-13H2,1-2H3/t16-/m0/s1. The van der Waals surface area contributed by atoms with Crippen LogP contribution >= 0.6 is 0 Å². The highest BCUT2D eigenvalue weighted by molar-refractivity contribution is 7.91. The Balaban J connectivity index is 1.53. The molecular weight excluding hydrogens is 340 g/mol. The molecule has 1 amide bonds. The smallest absolute Gasteiger partial charge is 0.226 e. The Bertz CT molecular complexity index is 707. The van der Waals surface area contributed by atoms with Gasteiger partial charge in [-0.25, -0.2) is 8.42 Å². The number of piperidine rings is 1. The van der Waals surface area contributed by atoms with Gasteiger partial charge in [0, 0.05) is 43.9 Å². The fourth-order valence-electron chi connectivity index (χ4n) is 3.95. The number of aryl methyl sites for hydroxylation is 1. The number of rotatable bonds is 5. The van der Waals surface area contributed by atoms with Gasteiger partial charge in [0.15, 0.2) is 9.84 Å². The van der Waals surface area contributed by atoms with Crippen LogP contribution in [0.5, 0.6) is 0 Å². The second kappa shape index (κ2) is 7.45. The molecule has 8 heteroatoms. The monoisotopic (exact) mass is 368 g/mol. The first-order chi connectivity index (χ1) is 11.9. The molecule has 0 aromatic carbocycles. The van der Waals surface area contributed by atoms with Crippen LogP contribution in [0.3, 0.4) is 0 Å². The Kier molecular flexibility index (Phi) is 5.48. The van der Waals surface area contributed by atoms with Crippen LogP contribution in [0.4, 0.5) is 0 Å². The summed E-state index contributed by atoms with van der Waals surface area (Å²) in [5.41, 5.74) is 1.05. The number of nitrogens with zero attached hydrogens (tertiary/aromatic N) is 4. The zero-order valence-electron chi connectivity index (χ0n) is 15.1. The molecule has 0 spiro atoms. The zero-order valence-corrected chi connectivity index (χ0v) is 15.9. The summed E-state index contributed by atoms with van der Waals surface area (Å²) in [6, 6.07) is 0.152. The van der Waals surface area contributed by atoms with E-state index in [9.17, 15) is 13.2 Å². The summed E-state index contributed by atoms with van der Waals surface area (Å²) in [6.07, 6.45) is 6.12. The Labute approximate surface area is 149 Å². The molecule has 0 unspecified atom stereocenters. The van der Waals surface area contributed by atoms with Crippen LogP contribution in [0, 0.1) is 5.92 Å². The van der Waals surface area contributed by atoms with Crippen LogP contribution in [-0.2, 0) is 28.2 Å². The number of likely N-dealkylation sites (tertiary alicyclic amines) is 1. The third-order valence-electron chi connectivity index (χ3n) is 5.43. The summed E-state index contributed by atoms with van der Waals surface area (Å²) in [4.78, 5) is 17.0. The molecule has 7 nitrogen and oxygen atoms in total. The van der Waals surface area contributed by atoms with Crippen molar-refractivity contribution in [3.05, 3.63) is 18.0 Å². The minimum absolute atomic E-state index is 0.0471. The first-order valence-electron chi connectivity index (χ1n) is 9.08. The fraction of sp³-hybridized carbons (Fsp3) is 0.765. The van der Waals surface area contributed by atoms with Crippen molar-refractivity contribution in [2.75, 3.05) is 31.1 Å². The fourth-order valence-corrected chi connectivity index (χ4v) is 5.71. The Hall–Kier alpha value is -1.41. The van der Waals surface area contributed by atoms with Crippen molar-refractivity contribution in [3.8, 4) is 0 Å². The molecule has 0 N–H and O–H groups in total. The van der Waals surface area contributed by atoms with E-state index in [4.69, 9.17) is 0 Å². The summed E-state index contributed by atoms with van der Waals surface area (Å²) in [7, 11) is -0.974. The zero-order chi connectivity index (χ0) is 18.0. The van der Waals surface area contributed by atoms with Crippen molar-refractivity contribution >= 4 is 15.7 Å². The van der Waals surface area contributed by atoms with Gasteiger partial charge in [-0.3, -0.25) is 14.4 Å². The summed E-state index contributed by atoms with van der Waals surface area (Å²) >= 11 is 0. The quantitative estimate of drug-likeness (QED) is 0.763. The lowest BCUT2D eigenvalue weighted by atomic mass is 9.94. The van der Waals surface area contributed by atoms with Crippen molar-refractivity contribution in [1.82, 2.24) is 19.6 Å². The number of sulfone groups is 1. The van der Waals surface area contributed by atoms with Crippen LogP contribution in [0.15, 0.2) is 12.4 Å². The SMILES string of the molecule is CCN(Cc1cnn(C)c1)C(=O)C1CCN([C@H]2CCS(=O)(=O)C2)CC1. The van der Waals surface area contributed by atoms with E-state index in [0.717, 1.165) is 37.9 Å². The molecule has 25 heavy (non-hydrogen) atoms. The highest BCUT2D eigenvalue weighted by Crippen LogP contribution is 2.26. The molecule has 3 rings (SSSR count). The Morgan fingerprint density at radius 1 is 1.32 bits per heavy atom. The third kappa shape index (κ3) is 4.41. The van der Waals surface area contributed by atoms with E-state index in [0.29, 0.717) is 18.8 Å². The molecule has 2 aliphatic rings. The van der Waals surface area contributed by atoms with Gasteiger partial charge < -0.3 is 4.90 Å². The number of hydrogen-bond acceptors (Lipinski definition) is 5. The first-order valence-corrected chi connectivity index (χ1v) is 10.9. The van der Waals surface area contributed by atoms with Crippen LogP contribution in [0.25, 0.3) is 0 Å². The van der Waals surface area contributed by atoms with Crippen molar-refractivity contribution in [1.29, 1.82) is 0 Å². The van der Waals surface area contributed by atoms with Gasteiger partial charge in [-0.1, -0.05) is 0 Å². The van der Waals surface area contributed by atoms with Gasteiger partial charge in [-0.15, -0.1) is 0 Å². The van der Waals surface area contributed by atoms with Gasteiger partial charge in [0.2, 0.25) is 5.91 Å². The third-order valence-corrected chi connectivity index (χ3v) is 7.18. The number of hydrogen-bond donors (Lipinski definition) is 0. The largest absolute Gasteiger partial charge is 0.338 e. The van der Waals surface area contributed by atoms with Crippen LogP contribution in [-0.4, -0.2) is 71.1 Å². The molecule has 1 aromatic rings. The van der Waals surface area contributed by atoms with Crippen molar-refractivity contribution < 1.29 is 13.2 Å². The van der Waals surface area contributed by atoms with Gasteiger partial charge in [0.1, 0.15) is 0 Å². The van der Waals surface area contributed by atoms with E-state index in [2.05, 4.69) is 10.00 Å². The van der Waals surface area contributed by atoms with Crippen LogP contribution < -0.4 is 0 Å². The van der Waals surface area contributed by atoms with Crippen molar-refractivity contribution in [2.24, 2.45) is 13.0 Å². The maximum absolute atomic E-state index is 12.9. The predicted octanol–water partition coefficient (Wildman–Crippen LogP) is 0.668. The average Bonchev–Trinajstić information content (AvgIpc) is 3.17. The summed E-state index contributed by atoms with van der Waals surface area (Å²) in [5, 5.41) is 4.16. The maximum atomic E-state index is 12.9.